The maximum atomic E-state index is 15.4. The second-order valence-electron chi connectivity index (χ2n) is 7.35. The Bertz CT molecular complexity index is 1700. The zero-order valence-corrected chi connectivity index (χ0v) is 18.4. The Morgan fingerprint density at radius 2 is 1.80 bits per heavy atom. The second-order valence-corrected chi connectivity index (χ2v) is 9.00. The first-order valence-corrected chi connectivity index (χ1v) is 11.3. The van der Waals surface area contributed by atoms with E-state index >= 15 is 8.78 Å². The number of pyridine rings is 2. The Hall–Kier alpha value is -4.33. The van der Waals surface area contributed by atoms with Crippen LogP contribution in [0.25, 0.3) is 33.5 Å². The summed E-state index contributed by atoms with van der Waals surface area (Å²) in [5.41, 5.74) is -1.29. The number of anilines is 1. The van der Waals surface area contributed by atoms with Gasteiger partial charge in [-0.15, -0.1) is 0 Å². The fourth-order valence-electron chi connectivity index (χ4n) is 3.55. The number of sulfonamides is 1. The van der Waals surface area contributed by atoms with Crippen LogP contribution in [0.2, 0.25) is 0 Å². The average Bonchev–Trinajstić information content (AvgIpc) is 3.49. The number of rotatable bonds is 5. The Kier molecular flexibility index (Phi) is 5.24. The van der Waals surface area contributed by atoms with Crippen LogP contribution in [-0.2, 0) is 10.0 Å². The highest BCUT2D eigenvalue weighted by molar-refractivity contribution is 7.92. The molecule has 0 amide bonds. The van der Waals surface area contributed by atoms with Crippen LogP contribution < -0.4 is 4.72 Å². The van der Waals surface area contributed by atoms with Crippen LogP contribution in [0, 0.1) is 30.2 Å². The number of nitrogens with one attached hydrogen (secondary N) is 3. The van der Waals surface area contributed by atoms with Gasteiger partial charge in [-0.25, -0.2) is 35.9 Å². The SMILES string of the molecule is Cc1ncc(F)cc1S(=O)(=O)Nc1ncc(F)c(-c2ccc3c(-c4ncc[nH]4)n[nH]c3c2F)c1F. The molecule has 0 fully saturated rings. The molecule has 0 aliphatic heterocycles. The number of hydrogen-bond acceptors (Lipinski definition) is 6. The molecule has 0 saturated carbocycles. The molecule has 4 heterocycles. The predicted molar refractivity (Wildman–Crippen MR) is 117 cm³/mol. The van der Waals surface area contributed by atoms with Gasteiger partial charge < -0.3 is 4.98 Å². The summed E-state index contributed by atoms with van der Waals surface area (Å²) in [5.74, 6) is -5.24. The van der Waals surface area contributed by atoms with Crippen LogP contribution >= 0.6 is 0 Å². The minimum Gasteiger partial charge on any atom is -0.343 e. The Morgan fingerprint density at radius 1 is 1.00 bits per heavy atom. The molecule has 0 radical (unpaired) electrons. The molecular weight excluding hydrogens is 490 g/mol. The van der Waals surface area contributed by atoms with E-state index in [1.54, 1.807) is 6.20 Å². The number of fused-ring (bicyclic) bond motifs is 1. The van der Waals surface area contributed by atoms with Gasteiger partial charge >= 0.3 is 0 Å². The molecule has 0 spiro atoms. The van der Waals surface area contributed by atoms with E-state index in [0.717, 1.165) is 12.3 Å². The van der Waals surface area contributed by atoms with E-state index in [0.29, 0.717) is 29.2 Å². The van der Waals surface area contributed by atoms with Crippen molar-refractivity contribution in [2.75, 3.05) is 4.72 Å². The summed E-state index contributed by atoms with van der Waals surface area (Å²) in [7, 11) is -4.57. The molecular formula is C21H13F4N7O2S. The molecule has 178 valence electrons. The molecule has 4 aromatic heterocycles. The predicted octanol–water partition coefficient (Wildman–Crippen LogP) is 4.08. The molecule has 0 atom stereocenters. The van der Waals surface area contributed by atoms with Crippen molar-refractivity contribution in [1.82, 2.24) is 30.1 Å². The first-order chi connectivity index (χ1) is 16.7. The second kappa shape index (κ2) is 8.16. The molecule has 3 N–H and O–H groups in total. The molecule has 1 aromatic carbocycles. The maximum Gasteiger partial charge on any atom is 0.265 e. The van der Waals surface area contributed by atoms with Crippen molar-refractivity contribution < 1.29 is 26.0 Å². The maximum absolute atomic E-state index is 15.4. The number of aromatic amines is 2. The van der Waals surface area contributed by atoms with Gasteiger partial charge in [-0.2, -0.15) is 5.10 Å². The van der Waals surface area contributed by atoms with Crippen molar-refractivity contribution in [3.63, 3.8) is 0 Å². The molecule has 35 heavy (non-hydrogen) atoms. The van der Waals surface area contributed by atoms with Crippen molar-refractivity contribution in [1.29, 1.82) is 0 Å². The highest BCUT2D eigenvalue weighted by Gasteiger charge is 2.26. The Labute approximate surface area is 194 Å². The van der Waals surface area contributed by atoms with E-state index in [1.165, 1.54) is 19.2 Å². The molecule has 0 aliphatic carbocycles. The fraction of sp³-hybridized carbons (Fsp3) is 0.0476. The monoisotopic (exact) mass is 503 g/mol. The molecule has 0 aliphatic rings. The molecule has 0 saturated heterocycles. The smallest absolute Gasteiger partial charge is 0.265 e. The third-order valence-electron chi connectivity index (χ3n) is 5.17. The zero-order chi connectivity index (χ0) is 24.9. The minimum absolute atomic E-state index is 0.0651. The topological polar surface area (TPSA) is 129 Å². The van der Waals surface area contributed by atoms with Gasteiger partial charge in [-0.05, 0) is 19.1 Å². The van der Waals surface area contributed by atoms with Crippen LogP contribution in [-0.4, -0.2) is 38.6 Å². The normalized spacial score (nSPS) is 11.8. The Morgan fingerprint density at radius 3 is 2.54 bits per heavy atom. The van der Waals surface area contributed by atoms with Crippen LogP contribution in [0.3, 0.4) is 0 Å². The van der Waals surface area contributed by atoms with Gasteiger partial charge in [0.15, 0.2) is 29.1 Å². The van der Waals surface area contributed by atoms with Crippen molar-refractivity contribution in [3.05, 3.63) is 71.9 Å². The molecule has 5 aromatic rings. The summed E-state index contributed by atoms with van der Waals surface area (Å²) in [4.78, 5) is 13.4. The summed E-state index contributed by atoms with van der Waals surface area (Å²) >= 11 is 0. The third kappa shape index (κ3) is 3.77. The van der Waals surface area contributed by atoms with Crippen LogP contribution in [0.5, 0.6) is 0 Å². The first-order valence-electron chi connectivity index (χ1n) is 9.83. The van der Waals surface area contributed by atoms with E-state index in [2.05, 4.69) is 30.1 Å². The fourth-order valence-corrected chi connectivity index (χ4v) is 4.77. The number of aryl methyl sites for hydroxylation is 1. The van der Waals surface area contributed by atoms with Gasteiger partial charge in [-0.1, -0.05) is 6.07 Å². The van der Waals surface area contributed by atoms with Gasteiger partial charge in [0, 0.05) is 23.3 Å². The number of aromatic nitrogens is 6. The highest BCUT2D eigenvalue weighted by Crippen LogP contribution is 2.36. The molecule has 0 bridgehead atoms. The lowest BCUT2D eigenvalue weighted by Gasteiger charge is -2.13. The average molecular weight is 503 g/mol. The van der Waals surface area contributed by atoms with Crippen molar-refractivity contribution in [3.8, 4) is 22.6 Å². The summed E-state index contributed by atoms with van der Waals surface area (Å²) in [6, 6.07) is 3.20. The quantitative estimate of drug-likeness (QED) is 0.310. The molecule has 5 rings (SSSR count). The minimum atomic E-state index is -4.57. The lowest BCUT2D eigenvalue weighted by Crippen LogP contribution is -2.17. The van der Waals surface area contributed by atoms with E-state index in [1.807, 2.05) is 4.72 Å². The molecule has 0 unspecified atom stereocenters. The summed E-state index contributed by atoms with van der Waals surface area (Å²) in [5, 5.41) is 6.78. The number of halogens is 4. The molecule has 14 heteroatoms. The lowest BCUT2D eigenvalue weighted by atomic mass is 10.0. The van der Waals surface area contributed by atoms with Crippen LogP contribution in [0.15, 0.2) is 47.9 Å². The van der Waals surface area contributed by atoms with Gasteiger partial charge in [0.25, 0.3) is 10.0 Å². The van der Waals surface area contributed by atoms with E-state index in [4.69, 9.17) is 0 Å². The van der Waals surface area contributed by atoms with E-state index < -0.39 is 55.1 Å². The first kappa shape index (κ1) is 22.5. The van der Waals surface area contributed by atoms with Gasteiger partial charge in [0.2, 0.25) is 0 Å². The number of benzene rings is 1. The third-order valence-corrected chi connectivity index (χ3v) is 6.62. The van der Waals surface area contributed by atoms with E-state index in [9.17, 15) is 17.2 Å². The van der Waals surface area contributed by atoms with E-state index in [-0.39, 0.29) is 11.2 Å². The summed E-state index contributed by atoms with van der Waals surface area (Å²) in [6.07, 6.45) is 4.38. The number of hydrogen-bond donors (Lipinski definition) is 3. The highest BCUT2D eigenvalue weighted by atomic mass is 32.2. The Balaban J connectivity index is 1.60. The lowest BCUT2D eigenvalue weighted by molar-refractivity contribution is 0.574. The van der Waals surface area contributed by atoms with Crippen molar-refractivity contribution in [2.45, 2.75) is 11.8 Å². The van der Waals surface area contributed by atoms with Gasteiger partial charge in [0.05, 0.1) is 23.7 Å². The number of imidazole rings is 1. The standard InChI is InChI=1S/C21H13F4N7O2S/c1-9-14(6-10(22)7-28-9)35(33,34)32-20-17(25)15(13(23)8-29-20)11-2-3-12-18(16(11)24)30-31-19(12)21-26-4-5-27-21/h2-8H,1H3,(H,26,27)(H,29,32)(H,30,31). The number of H-pyrrole nitrogens is 2. The van der Waals surface area contributed by atoms with Crippen LogP contribution in [0.4, 0.5) is 23.4 Å². The zero-order valence-electron chi connectivity index (χ0n) is 17.6. The summed E-state index contributed by atoms with van der Waals surface area (Å²) < 4.78 is 86.1. The number of nitrogens with zero attached hydrogens (tertiary/aromatic N) is 4. The molecule has 9 nitrogen and oxygen atoms in total. The largest absolute Gasteiger partial charge is 0.343 e. The van der Waals surface area contributed by atoms with Gasteiger partial charge in [0.1, 0.15) is 21.9 Å². The van der Waals surface area contributed by atoms with Crippen LogP contribution in [0.1, 0.15) is 5.69 Å². The van der Waals surface area contributed by atoms with Crippen molar-refractivity contribution >= 4 is 26.7 Å². The summed E-state index contributed by atoms with van der Waals surface area (Å²) in [6.45, 7) is 1.31. The van der Waals surface area contributed by atoms with Crippen molar-refractivity contribution in [2.24, 2.45) is 0 Å². The van der Waals surface area contributed by atoms with Gasteiger partial charge in [-0.3, -0.25) is 14.8 Å².